The first-order valence-electron chi connectivity index (χ1n) is 16.4. The Morgan fingerprint density at radius 2 is 2.00 bits per heavy atom. The lowest BCUT2D eigenvalue weighted by molar-refractivity contribution is -0.121. The molecule has 248 valence electrons. The number of guanidine groups is 1. The molecule has 0 amide bonds. The monoisotopic (exact) mass is 633 g/mol. The van der Waals surface area contributed by atoms with E-state index in [1.54, 1.807) is 6.07 Å². The van der Waals surface area contributed by atoms with Crippen molar-refractivity contribution in [3.8, 4) is 34.8 Å². The van der Waals surface area contributed by atoms with E-state index < -0.39 is 12.4 Å². The number of carbonyl (C=O) groups is 1. The number of fused-ring (bicyclic) bond motifs is 2. The normalized spacial score (nSPS) is 24.8. The maximum absolute atomic E-state index is 13.0. The van der Waals surface area contributed by atoms with E-state index >= 15 is 0 Å². The number of phenolic OH excluding ortho intramolecular Hbond substituents is 2. The van der Waals surface area contributed by atoms with Gasteiger partial charge in [-0.15, -0.1) is 0 Å². The number of hydrogen-bond acceptors (Lipinski definition) is 8. The Morgan fingerprint density at radius 3 is 2.76 bits per heavy atom. The number of nitrogens with zero attached hydrogens (tertiary/aromatic N) is 1. The minimum Gasteiger partial charge on any atom is -0.504 e. The SMILES string of the molecule is COc1c(O)ccc2c1C#CCc1cc3c4c(c1O)O[C@H](O)[C@@H](CCNC(N)=NCC(C)C)[C@@H]4CCC[C@@H]3C[C@@H](O)CC(=O)CC2. The number of rotatable bonds is 6. The van der Waals surface area contributed by atoms with Crippen molar-refractivity contribution in [3.05, 3.63) is 46.0 Å². The van der Waals surface area contributed by atoms with Gasteiger partial charge in [0.15, 0.2) is 29.0 Å². The van der Waals surface area contributed by atoms with Crippen molar-refractivity contribution in [2.24, 2.45) is 22.6 Å². The molecule has 0 saturated carbocycles. The van der Waals surface area contributed by atoms with E-state index in [2.05, 4.69) is 36.0 Å². The molecule has 7 N–H and O–H groups in total. The van der Waals surface area contributed by atoms with Gasteiger partial charge in [-0.3, -0.25) is 9.79 Å². The highest BCUT2D eigenvalue weighted by atomic mass is 16.6. The number of phenols is 2. The lowest BCUT2D eigenvalue weighted by Crippen LogP contribution is -2.40. The molecule has 2 aromatic rings. The Kier molecular flexibility index (Phi) is 10.6. The van der Waals surface area contributed by atoms with Gasteiger partial charge in [0.1, 0.15) is 5.78 Å². The number of aliphatic hydroxyl groups excluding tert-OH is 2. The molecule has 0 aromatic heterocycles. The Labute approximate surface area is 271 Å². The zero-order valence-electron chi connectivity index (χ0n) is 27.0. The van der Waals surface area contributed by atoms with Gasteiger partial charge >= 0.3 is 0 Å². The van der Waals surface area contributed by atoms with Crippen molar-refractivity contribution in [2.45, 2.75) is 95.9 Å². The highest BCUT2D eigenvalue weighted by Gasteiger charge is 2.43. The molecule has 0 fully saturated rings. The third-order valence-electron chi connectivity index (χ3n) is 9.43. The molecule has 0 spiro atoms. The quantitative estimate of drug-likeness (QED) is 0.157. The van der Waals surface area contributed by atoms with E-state index in [-0.39, 0.29) is 65.8 Å². The van der Waals surface area contributed by atoms with Crippen LogP contribution in [0.5, 0.6) is 23.0 Å². The maximum Gasteiger partial charge on any atom is 0.201 e. The molecule has 0 radical (unpaired) electrons. The summed E-state index contributed by atoms with van der Waals surface area (Å²) in [7, 11) is 1.45. The fraction of sp³-hybridized carbons (Fsp3) is 0.556. The molecule has 5 atom stereocenters. The number of nitrogens with one attached hydrogen (secondary N) is 1. The lowest BCUT2D eigenvalue weighted by Gasteiger charge is -2.39. The number of hydrogen-bond donors (Lipinski definition) is 6. The van der Waals surface area contributed by atoms with Crippen LogP contribution in [0.25, 0.3) is 0 Å². The topological polar surface area (TPSA) is 167 Å². The molecular weight excluding hydrogens is 586 g/mol. The number of aryl methyl sites for hydroxylation is 1. The fourth-order valence-electron chi connectivity index (χ4n) is 7.17. The standard InChI is InChI=1S/C36H47N3O7/c1-20(2)19-39-36(37)38-15-14-28-27-9-4-6-22-16-25(41)18-24(40)12-10-21-11-13-30(42)33(45-3)26(21)8-5-7-23-17-29(22)31(27)34(32(23)43)46-35(28)44/h11,13,17,20,22,25,27-28,35,41-44H,4,6-7,9-10,12,14-16,18-19H2,1-3H3,(H3,37,38,39)/t22-,25-,27+,28+,35+/m1/s1. The van der Waals surface area contributed by atoms with E-state index in [0.29, 0.717) is 55.4 Å². The molecule has 5 rings (SSSR count). The number of aliphatic imine (C=N–C) groups is 1. The van der Waals surface area contributed by atoms with Crippen molar-refractivity contribution < 1.29 is 34.7 Å². The molecule has 10 nitrogen and oxygen atoms in total. The molecule has 0 saturated heterocycles. The molecule has 1 aliphatic heterocycles. The average Bonchev–Trinajstić information content (AvgIpc) is 3.18. The summed E-state index contributed by atoms with van der Waals surface area (Å²) < 4.78 is 11.6. The van der Waals surface area contributed by atoms with Gasteiger partial charge in [-0.05, 0) is 67.1 Å². The van der Waals surface area contributed by atoms with Crippen molar-refractivity contribution in [1.82, 2.24) is 5.32 Å². The van der Waals surface area contributed by atoms with E-state index in [4.69, 9.17) is 15.2 Å². The van der Waals surface area contributed by atoms with E-state index in [0.717, 1.165) is 36.0 Å². The molecule has 10 heteroatoms. The number of benzene rings is 2. The number of nitrogens with two attached hydrogens (primary N) is 1. The Hall–Kier alpha value is -3.94. The van der Waals surface area contributed by atoms with Crippen LogP contribution in [-0.4, -0.2) is 64.8 Å². The van der Waals surface area contributed by atoms with Crippen LogP contribution in [0.1, 0.15) is 98.4 Å². The van der Waals surface area contributed by atoms with Gasteiger partial charge in [0.25, 0.3) is 0 Å². The summed E-state index contributed by atoms with van der Waals surface area (Å²) in [6.07, 6.45) is 2.26. The van der Waals surface area contributed by atoms with E-state index in [9.17, 15) is 25.2 Å². The molecular formula is C36H47N3O7. The number of Topliss-reactive ketones (excluding diaryl/α,β-unsaturated/α-hetero) is 1. The van der Waals surface area contributed by atoms with Crippen molar-refractivity contribution in [3.63, 3.8) is 0 Å². The molecule has 1 heterocycles. The second-order valence-electron chi connectivity index (χ2n) is 13.2. The van der Waals surface area contributed by atoms with Crippen LogP contribution in [0.3, 0.4) is 0 Å². The summed E-state index contributed by atoms with van der Waals surface area (Å²) in [5.74, 6) is 6.95. The van der Waals surface area contributed by atoms with Gasteiger partial charge in [-0.1, -0.05) is 44.2 Å². The van der Waals surface area contributed by atoms with Crippen LogP contribution in [0.2, 0.25) is 0 Å². The van der Waals surface area contributed by atoms with Crippen LogP contribution in [-0.2, 0) is 17.6 Å². The van der Waals surface area contributed by atoms with Gasteiger partial charge in [0.2, 0.25) is 6.29 Å². The maximum atomic E-state index is 13.0. The Bertz CT molecular complexity index is 1530. The molecule has 2 bridgehead atoms. The minimum atomic E-state index is -1.14. The van der Waals surface area contributed by atoms with Gasteiger partial charge in [0, 0.05) is 49.4 Å². The number of ketones is 1. The summed E-state index contributed by atoms with van der Waals surface area (Å²) >= 11 is 0. The second kappa shape index (κ2) is 14.7. The smallest absolute Gasteiger partial charge is 0.201 e. The van der Waals surface area contributed by atoms with Gasteiger partial charge in [-0.2, -0.15) is 0 Å². The van der Waals surface area contributed by atoms with Crippen molar-refractivity contribution >= 4 is 11.7 Å². The second-order valence-corrected chi connectivity index (χ2v) is 13.2. The third-order valence-corrected chi connectivity index (χ3v) is 9.43. The first-order chi connectivity index (χ1) is 22.1. The van der Waals surface area contributed by atoms with Gasteiger partial charge in [0.05, 0.1) is 18.8 Å². The predicted molar refractivity (Wildman–Crippen MR) is 175 cm³/mol. The highest BCUT2D eigenvalue weighted by Crippen LogP contribution is 2.54. The molecule has 2 aromatic carbocycles. The lowest BCUT2D eigenvalue weighted by atomic mass is 9.75. The third kappa shape index (κ3) is 7.37. The predicted octanol–water partition coefficient (Wildman–Crippen LogP) is 3.99. The zero-order chi connectivity index (χ0) is 33.0. The number of aromatic hydroxyl groups is 2. The van der Waals surface area contributed by atoms with E-state index in [1.807, 2.05) is 6.07 Å². The summed E-state index contributed by atoms with van der Waals surface area (Å²) in [5.41, 5.74) is 9.68. The first kappa shape index (κ1) is 33.4. The number of aliphatic hydroxyl groups is 2. The Balaban J connectivity index is 1.53. The first-order valence-corrected chi connectivity index (χ1v) is 16.4. The van der Waals surface area contributed by atoms with Crippen LogP contribution in [0.15, 0.2) is 23.2 Å². The van der Waals surface area contributed by atoms with Gasteiger partial charge < -0.3 is 41.0 Å². The zero-order valence-corrected chi connectivity index (χ0v) is 27.0. The molecule has 0 unspecified atom stereocenters. The summed E-state index contributed by atoms with van der Waals surface area (Å²) in [6.45, 7) is 5.28. The summed E-state index contributed by atoms with van der Waals surface area (Å²) in [5, 5.41) is 47.5. The van der Waals surface area contributed by atoms with Gasteiger partial charge in [-0.25, -0.2) is 0 Å². The van der Waals surface area contributed by atoms with Crippen LogP contribution >= 0.6 is 0 Å². The summed E-state index contributed by atoms with van der Waals surface area (Å²) in [4.78, 5) is 17.4. The van der Waals surface area contributed by atoms with Crippen molar-refractivity contribution in [1.29, 1.82) is 0 Å². The number of carbonyl (C=O) groups excluding carboxylic acids is 1. The number of ether oxygens (including phenoxy) is 2. The van der Waals surface area contributed by atoms with Crippen molar-refractivity contribution in [2.75, 3.05) is 20.2 Å². The number of methoxy groups -OCH3 is 1. The van der Waals surface area contributed by atoms with Crippen LogP contribution < -0.4 is 20.5 Å². The molecule has 46 heavy (non-hydrogen) atoms. The molecule has 3 aliphatic rings. The highest BCUT2D eigenvalue weighted by molar-refractivity contribution is 5.79. The Morgan fingerprint density at radius 1 is 1.20 bits per heavy atom. The minimum absolute atomic E-state index is 0.0343. The average molecular weight is 634 g/mol. The largest absolute Gasteiger partial charge is 0.504 e. The molecule has 2 aliphatic carbocycles. The fourth-order valence-corrected chi connectivity index (χ4v) is 7.17. The van der Waals surface area contributed by atoms with Crippen LogP contribution in [0.4, 0.5) is 0 Å². The van der Waals surface area contributed by atoms with Crippen LogP contribution in [0, 0.1) is 23.7 Å². The van der Waals surface area contributed by atoms with E-state index in [1.165, 1.54) is 13.2 Å². The summed E-state index contributed by atoms with van der Waals surface area (Å²) in [6, 6.07) is 5.22.